The van der Waals surface area contributed by atoms with Gasteiger partial charge < -0.3 is 4.74 Å². The van der Waals surface area contributed by atoms with Crippen molar-refractivity contribution in [2.75, 3.05) is 6.61 Å². The zero-order valence-electron chi connectivity index (χ0n) is 18.9. The van der Waals surface area contributed by atoms with Gasteiger partial charge in [-0.25, -0.2) is 4.99 Å². The normalized spacial score (nSPS) is 16.8. The third-order valence-corrected chi connectivity index (χ3v) is 6.09. The summed E-state index contributed by atoms with van der Waals surface area (Å²) in [5, 5.41) is 2.83. The lowest BCUT2D eigenvalue weighted by atomic mass is 10.0. The smallest absolute Gasteiger partial charge is 0.266 e. The highest BCUT2D eigenvalue weighted by molar-refractivity contribution is 8.18. The Morgan fingerprint density at radius 2 is 1.62 bits per heavy atom. The molecule has 1 heterocycles. The van der Waals surface area contributed by atoms with Crippen LogP contribution in [0.3, 0.4) is 0 Å². The van der Waals surface area contributed by atoms with E-state index in [2.05, 4.69) is 26.0 Å². The summed E-state index contributed by atoms with van der Waals surface area (Å²) >= 11 is 1.43. The first-order valence-corrected chi connectivity index (χ1v) is 11.8. The van der Waals surface area contributed by atoms with Gasteiger partial charge in [-0.1, -0.05) is 62.4 Å². The number of thioether (sulfide) groups is 1. The summed E-state index contributed by atoms with van der Waals surface area (Å²) in [6.45, 7) is 8.97. The van der Waals surface area contributed by atoms with E-state index in [1.165, 1.54) is 11.8 Å². The molecule has 1 fully saturated rings. The Labute approximate surface area is 194 Å². The molecule has 0 bridgehead atoms. The van der Waals surface area contributed by atoms with Crippen LogP contribution in [0.2, 0.25) is 0 Å². The molecule has 0 N–H and O–H groups in total. The zero-order valence-corrected chi connectivity index (χ0v) is 19.7. The number of para-hydroxylation sites is 1. The molecule has 0 atom stereocenters. The van der Waals surface area contributed by atoms with E-state index in [0.717, 1.165) is 27.8 Å². The van der Waals surface area contributed by atoms with Crippen LogP contribution in [-0.2, 0) is 4.79 Å². The maximum atomic E-state index is 13.3. The standard InChI is InChI=1S/C27H28N2O2S/c1-18(2)17-31-24-15-14-20(22-12-8-9-13-23(22)24)16-25-26(30)29(19(3)4)27(32-25)28-21-10-6-5-7-11-21/h5-16,18-19H,17H2,1-4H3/b25-16+,28-27?. The van der Waals surface area contributed by atoms with Crippen molar-refractivity contribution in [1.29, 1.82) is 0 Å². The third kappa shape index (κ3) is 4.73. The fourth-order valence-electron chi connectivity index (χ4n) is 3.58. The average molecular weight is 445 g/mol. The van der Waals surface area contributed by atoms with E-state index in [4.69, 9.17) is 9.73 Å². The molecule has 1 aliphatic rings. The molecule has 0 spiro atoms. The van der Waals surface area contributed by atoms with Crippen molar-refractivity contribution in [3.8, 4) is 5.75 Å². The Hall–Kier alpha value is -3.05. The van der Waals surface area contributed by atoms with Gasteiger partial charge in [0.05, 0.1) is 17.2 Å². The fourth-order valence-corrected chi connectivity index (χ4v) is 4.69. The second-order valence-corrected chi connectivity index (χ2v) is 9.52. The molecule has 1 saturated heterocycles. The minimum atomic E-state index is -0.0103. The van der Waals surface area contributed by atoms with Gasteiger partial charge in [-0.05, 0) is 66.8 Å². The third-order valence-electron chi connectivity index (χ3n) is 5.11. The molecule has 4 rings (SSSR count). The van der Waals surface area contributed by atoms with Crippen molar-refractivity contribution in [3.05, 3.63) is 77.2 Å². The number of rotatable bonds is 6. The molecule has 0 radical (unpaired) electrons. The van der Waals surface area contributed by atoms with E-state index < -0.39 is 0 Å². The van der Waals surface area contributed by atoms with E-state index in [-0.39, 0.29) is 11.9 Å². The highest BCUT2D eigenvalue weighted by Crippen LogP contribution is 2.37. The summed E-state index contributed by atoms with van der Waals surface area (Å²) in [5.74, 6) is 1.31. The maximum absolute atomic E-state index is 13.3. The van der Waals surface area contributed by atoms with Crippen LogP contribution in [0.4, 0.5) is 5.69 Å². The molecule has 3 aromatic rings. The van der Waals surface area contributed by atoms with Crippen molar-refractivity contribution in [1.82, 2.24) is 4.90 Å². The number of hydrogen-bond acceptors (Lipinski definition) is 4. The van der Waals surface area contributed by atoms with Gasteiger partial charge in [0.1, 0.15) is 5.75 Å². The number of nitrogens with zero attached hydrogens (tertiary/aromatic N) is 2. The number of hydrogen-bond donors (Lipinski definition) is 0. The number of amides is 1. The van der Waals surface area contributed by atoms with Gasteiger partial charge in [-0.15, -0.1) is 0 Å². The SMILES string of the molecule is CC(C)COc1ccc(/C=C2/SC(=Nc3ccccc3)N(C(C)C)C2=O)c2ccccc12. The van der Waals surface area contributed by atoms with Crippen LogP contribution >= 0.6 is 11.8 Å². The Kier molecular flexibility index (Phi) is 6.66. The minimum Gasteiger partial charge on any atom is -0.493 e. The van der Waals surface area contributed by atoms with Crippen molar-refractivity contribution < 1.29 is 9.53 Å². The van der Waals surface area contributed by atoms with E-state index >= 15 is 0 Å². The van der Waals surface area contributed by atoms with Crippen LogP contribution in [0, 0.1) is 5.92 Å². The first-order chi connectivity index (χ1) is 15.4. The van der Waals surface area contributed by atoms with Crippen molar-refractivity contribution in [2.24, 2.45) is 10.9 Å². The Balaban J connectivity index is 1.73. The van der Waals surface area contributed by atoms with Crippen molar-refractivity contribution in [3.63, 3.8) is 0 Å². The number of amidine groups is 1. The molecule has 3 aromatic carbocycles. The topological polar surface area (TPSA) is 41.9 Å². The van der Waals surface area contributed by atoms with Gasteiger partial charge >= 0.3 is 0 Å². The number of carbonyl (C=O) groups is 1. The highest BCUT2D eigenvalue weighted by atomic mass is 32.2. The highest BCUT2D eigenvalue weighted by Gasteiger charge is 2.35. The lowest BCUT2D eigenvalue weighted by molar-refractivity contribution is -0.123. The van der Waals surface area contributed by atoms with E-state index in [1.54, 1.807) is 4.90 Å². The molecule has 0 unspecified atom stereocenters. The number of fused-ring (bicyclic) bond motifs is 1. The Morgan fingerprint density at radius 3 is 2.31 bits per heavy atom. The Bertz CT molecular complexity index is 1180. The monoisotopic (exact) mass is 444 g/mol. The molecule has 32 heavy (non-hydrogen) atoms. The predicted octanol–water partition coefficient (Wildman–Crippen LogP) is 6.89. The first kappa shape index (κ1) is 22.2. The number of aliphatic imine (C=N–C) groups is 1. The summed E-state index contributed by atoms with van der Waals surface area (Å²) in [6, 6.07) is 22.0. The molecule has 4 nitrogen and oxygen atoms in total. The van der Waals surface area contributed by atoms with Crippen molar-refractivity contribution in [2.45, 2.75) is 33.7 Å². The predicted molar refractivity (Wildman–Crippen MR) is 135 cm³/mol. The van der Waals surface area contributed by atoms with E-state index in [9.17, 15) is 4.79 Å². The molecule has 1 amide bonds. The summed E-state index contributed by atoms with van der Waals surface area (Å²) in [5.41, 5.74) is 1.84. The van der Waals surface area contributed by atoms with Gasteiger partial charge in [0.15, 0.2) is 5.17 Å². The average Bonchev–Trinajstić information content (AvgIpc) is 3.08. The summed E-state index contributed by atoms with van der Waals surface area (Å²) in [7, 11) is 0. The van der Waals surface area contributed by atoms with Gasteiger partial charge in [0.2, 0.25) is 0 Å². The van der Waals surface area contributed by atoms with Crippen LogP contribution in [0.25, 0.3) is 16.8 Å². The van der Waals surface area contributed by atoms with Gasteiger partial charge in [0.25, 0.3) is 5.91 Å². The summed E-state index contributed by atoms with van der Waals surface area (Å²) in [6.07, 6.45) is 1.98. The molecular weight excluding hydrogens is 416 g/mol. The molecule has 0 saturated carbocycles. The van der Waals surface area contributed by atoms with E-state index in [0.29, 0.717) is 22.6 Å². The first-order valence-electron chi connectivity index (χ1n) is 11.0. The largest absolute Gasteiger partial charge is 0.493 e. The van der Waals surface area contributed by atoms with Crippen LogP contribution in [0.1, 0.15) is 33.3 Å². The van der Waals surface area contributed by atoms with Crippen LogP contribution in [-0.4, -0.2) is 28.6 Å². The van der Waals surface area contributed by atoms with Crippen LogP contribution in [0.5, 0.6) is 5.75 Å². The maximum Gasteiger partial charge on any atom is 0.266 e. The van der Waals surface area contributed by atoms with Crippen LogP contribution < -0.4 is 4.74 Å². The zero-order chi connectivity index (χ0) is 22.7. The van der Waals surface area contributed by atoms with E-state index in [1.807, 2.05) is 74.5 Å². The van der Waals surface area contributed by atoms with Crippen LogP contribution in [0.15, 0.2) is 76.6 Å². The summed E-state index contributed by atoms with van der Waals surface area (Å²) in [4.78, 5) is 20.5. The number of carbonyl (C=O) groups excluding carboxylic acids is 1. The number of ether oxygens (including phenoxy) is 1. The fraction of sp³-hybridized carbons (Fsp3) is 0.259. The lowest BCUT2D eigenvalue weighted by Crippen LogP contribution is -2.35. The van der Waals surface area contributed by atoms with Gasteiger partial charge in [-0.3, -0.25) is 9.69 Å². The molecule has 164 valence electrons. The number of benzene rings is 3. The minimum absolute atomic E-state index is 0.0103. The molecule has 0 aromatic heterocycles. The molecule has 5 heteroatoms. The quantitative estimate of drug-likeness (QED) is 0.389. The second-order valence-electron chi connectivity index (χ2n) is 8.51. The van der Waals surface area contributed by atoms with Gasteiger partial charge in [0, 0.05) is 11.4 Å². The molecule has 0 aliphatic carbocycles. The Morgan fingerprint density at radius 1 is 0.938 bits per heavy atom. The van der Waals surface area contributed by atoms with Crippen molar-refractivity contribution >= 4 is 45.4 Å². The molecular formula is C27H28N2O2S. The van der Waals surface area contributed by atoms with Gasteiger partial charge in [-0.2, -0.15) is 0 Å². The summed E-state index contributed by atoms with van der Waals surface area (Å²) < 4.78 is 6.04. The lowest BCUT2D eigenvalue weighted by Gasteiger charge is -2.19. The second kappa shape index (κ2) is 9.61. The molecule has 1 aliphatic heterocycles.